The molecule has 0 fully saturated rings. The highest BCUT2D eigenvalue weighted by molar-refractivity contribution is 5.78. The second-order valence-corrected chi connectivity index (χ2v) is 5.33. The number of hydrogen-bond acceptors (Lipinski definition) is 3. The smallest absolute Gasteiger partial charge is 0.224 e. The topological polar surface area (TPSA) is 58.6 Å². The summed E-state index contributed by atoms with van der Waals surface area (Å²) in [6, 6.07) is 15.3. The summed E-state index contributed by atoms with van der Waals surface area (Å²) in [6.07, 6.45) is 1.15. The third-order valence-corrected chi connectivity index (χ3v) is 3.54. The average molecular weight is 313 g/mol. The highest BCUT2D eigenvalue weighted by Gasteiger charge is 2.03. The lowest BCUT2D eigenvalue weighted by Crippen LogP contribution is -2.27. The van der Waals surface area contributed by atoms with Crippen LogP contribution >= 0.6 is 0 Å². The van der Waals surface area contributed by atoms with Crippen molar-refractivity contribution in [3.63, 3.8) is 0 Å². The fraction of sp³-hybridized carbons (Fsp3) is 0.316. The Morgan fingerprint density at radius 2 is 1.61 bits per heavy atom. The Morgan fingerprint density at radius 1 is 1.00 bits per heavy atom. The molecule has 0 aliphatic carbocycles. The summed E-state index contributed by atoms with van der Waals surface area (Å²) in [5.74, 6) is 0.837. The molecule has 2 N–H and O–H groups in total. The predicted molar refractivity (Wildman–Crippen MR) is 90.4 cm³/mol. The number of amides is 1. The highest BCUT2D eigenvalue weighted by atomic mass is 16.5. The van der Waals surface area contributed by atoms with Gasteiger partial charge < -0.3 is 15.2 Å². The van der Waals surface area contributed by atoms with Gasteiger partial charge in [-0.1, -0.05) is 36.4 Å². The molecule has 0 aromatic heterocycles. The monoisotopic (exact) mass is 313 g/mol. The lowest BCUT2D eigenvalue weighted by Gasteiger charge is -2.07. The predicted octanol–water partition coefficient (Wildman–Crippen LogP) is 2.48. The van der Waals surface area contributed by atoms with Gasteiger partial charge in [-0.15, -0.1) is 0 Å². The molecule has 2 rings (SSSR count). The molecule has 0 saturated heterocycles. The Hall–Kier alpha value is -2.33. The minimum atomic E-state index is 0.0149. The van der Waals surface area contributed by atoms with E-state index in [2.05, 4.69) is 5.32 Å². The van der Waals surface area contributed by atoms with E-state index in [1.165, 1.54) is 0 Å². The molecule has 0 aliphatic rings. The minimum Gasteiger partial charge on any atom is -0.494 e. The molecule has 0 unspecified atom stereocenters. The minimum absolute atomic E-state index is 0.0149. The van der Waals surface area contributed by atoms with E-state index >= 15 is 0 Å². The molecule has 0 atom stereocenters. The van der Waals surface area contributed by atoms with Gasteiger partial charge in [0, 0.05) is 6.54 Å². The molecule has 0 heterocycles. The van der Waals surface area contributed by atoms with Crippen LogP contribution in [0.3, 0.4) is 0 Å². The molecule has 122 valence electrons. The molecule has 0 radical (unpaired) electrons. The largest absolute Gasteiger partial charge is 0.494 e. The van der Waals surface area contributed by atoms with Crippen LogP contribution in [0.25, 0.3) is 0 Å². The van der Waals surface area contributed by atoms with Crippen LogP contribution < -0.4 is 10.1 Å². The zero-order chi connectivity index (χ0) is 16.5. The molecule has 2 aromatic rings. The molecule has 0 bridgehead atoms. The second kappa shape index (κ2) is 8.96. The van der Waals surface area contributed by atoms with Gasteiger partial charge in [0.15, 0.2) is 0 Å². The zero-order valence-corrected chi connectivity index (χ0v) is 13.4. The van der Waals surface area contributed by atoms with Gasteiger partial charge in [-0.2, -0.15) is 0 Å². The van der Waals surface area contributed by atoms with E-state index in [-0.39, 0.29) is 12.5 Å². The lowest BCUT2D eigenvalue weighted by molar-refractivity contribution is -0.120. The third kappa shape index (κ3) is 5.75. The van der Waals surface area contributed by atoms with Gasteiger partial charge in [0.05, 0.1) is 19.6 Å². The normalized spacial score (nSPS) is 10.3. The number of hydrogen-bond donors (Lipinski definition) is 2. The van der Waals surface area contributed by atoms with E-state index in [9.17, 15) is 4.79 Å². The molecule has 1 amide bonds. The van der Waals surface area contributed by atoms with Crippen LogP contribution in [0.4, 0.5) is 0 Å². The molecule has 0 spiro atoms. The molecule has 4 heteroatoms. The van der Waals surface area contributed by atoms with Crippen molar-refractivity contribution in [3.8, 4) is 5.75 Å². The lowest BCUT2D eigenvalue weighted by atomic mass is 10.1. The van der Waals surface area contributed by atoms with Gasteiger partial charge in [0.25, 0.3) is 0 Å². The maximum absolute atomic E-state index is 11.9. The highest BCUT2D eigenvalue weighted by Crippen LogP contribution is 2.12. The molecule has 4 nitrogen and oxygen atoms in total. The van der Waals surface area contributed by atoms with E-state index in [0.29, 0.717) is 19.6 Å². The summed E-state index contributed by atoms with van der Waals surface area (Å²) < 4.78 is 5.38. The van der Waals surface area contributed by atoms with Crippen LogP contribution in [0, 0.1) is 0 Å². The first kappa shape index (κ1) is 17.0. The van der Waals surface area contributed by atoms with Crippen molar-refractivity contribution in [2.75, 3.05) is 13.2 Å². The van der Waals surface area contributed by atoms with Gasteiger partial charge >= 0.3 is 0 Å². The molecule has 23 heavy (non-hydrogen) atoms. The quantitative estimate of drug-likeness (QED) is 0.787. The summed E-state index contributed by atoms with van der Waals surface area (Å²) in [5, 5.41) is 11.9. The number of carbonyl (C=O) groups excluding carboxylic acids is 1. The first-order valence-electron chi connectivity index (χ1n) is 7.88. The average Bonchev–Trinajstić information content (AvgIpc) is 2.57. The number of ether oxygens (including phenoxy) is 1. The Kier molecular flexibility index (Phi) is 6.63. The van der Waals surface area contributed by atoms with Gasteiger partial charge in [0.2, 0.25) is 5.91 Å². The van der Waals surface area contributed by atoms with Crippen molar-refractivity contribution in [2.45, 2.75) is 26.4 Å². The van der Waals surface area contributed by atoms with Crippen LogP contribution in [0.1, 0.15) is 23.6 Å². The number of aliphatic hydroxyl groups is 1. The summed E-state index contributed by atoms with van der Waals surface area (Å²) in [7, 11) is 0. The summed E-state index contributed by atoms with van der Waals surface area (Å²) in [6.45, 7) is 3.24. The van der Waals surface area contributed by atoms with Crippen molar-refractivity contribution in [2.24, 2.45) is 0 Å². The van der Waals surface area contributed by atoms with Crippen molar-refractivity contribution >= 4 is 5.91 Å². The summed E-state index contributed by atoms with van der Waals surface area (Å²) >= 11 is 0. The molecular formula is C19H23NO3. The van der Waals surface area contributed by atoms with Crippen LogP contribution in [0.2, 0.25) is 0 Å². The van der Waals surface area contributed by atoms with Crippen LogP contribution in [-0.4, -0.2) is 24.2 Å². The first-order valence-corrected chi connectivity index (χ1v) is 7.88. The Labute approximate surface area is 137 Å². The van der Waals surface area contributed by atoms with Gasteiger partial charge in [0.1, 0.15) is 5.75 Å². The third-order valence-electron chi connectivity index (χ3n) is 3.54. The maximum Gasteiger partial charge on any atom is 0.224 e. The van der Waals surface area contributed by atoms with E-state index in [4.69, 9.17) is 9.84 Å². The van der Waals surface area contributed by atoms with Gasteiger partial charge in [-0.05, 0) is 42.2 Å². The summed E-state index contributed by atoms with van der Waals surface area (Å²) in [4.78, 5) is 11.9. The fourth-order valence-electron chi connectivity index (χ4n) is 2.28. The molecule has 0 aliphatic heterocycles. The number of benzene rings is 2. The van der Waals surface area contributed by atoms with E-state index in [1.807, 2.05) is 55.5 Å². The Bertz CT molecular complexity index is 606. The Balaban J connectivity index is 1.73. The second-order valence-electron chi connectivity index (χ2n) is 5.33. The molecular weight excluding hydrogens is 290 g/mol. The SMILES string of the molecule is CCOc1ccc(CC(=O)NCCc2ccc(CO)cc2)cc1. The maximum atomic E-state index is 11.9. The number of carbonyl (C=O) groups is 1. The number of nitrogens with one attached hydrogen (secondary N) is 1. The van der Waals surface area contributed by atoms with Crippen LogP contribution in [0.15, 0.2) is 48.5 Å². The first-order chi connectivity index (χ1) is 11.2. The molecule has 0 saturated carbocycles. The van der Waals surface area contributed by atoms with E-state index in [1.54, 1.807) is 0 Å². The standard InChI is InChI=1S/C19H23NO3/c1-2-23-18-9-7-16(8-10-18)13-19(22)20-12-11-15-3-5-17(14-21)6-4-15/h3-10,21H,2,11-14H2,1H3,(H,20,22). The van der Waals surface area contributed by atoms with Crippen LogP contribution in [0.5, 0.6) is 5.75 Å². The van der Waals surface area contributed by atoms with Crippen LogP contribution in [-0.2, 0) is 24.2 Å². The van der Waals surface area contributed by atoms with E-state index < -0.39 is 0 Å². The van der Waals surface area contributed by atoms with Crippen molar-refractivity contribution in [1.29, 1.82) is 0 Å². The fourth-order valence-corrected chi connectivity index (χ4v) is 2.28. The van der Waals surface area contributed by atoms with Gasteiger partial charge in [-0.3, -0.25) is 4.79 Å². The summed E-state index contributed by atoms with van der Waals surface area (Å²) in [5.41, 5.74) is 3.01. The molecule has 2 aromatic carbocycles. The van der Waals surface area contributed by atoms with Crippen molar-refractivity contribution in [3.05, 3.63) is 65.2 Å². The number of aliphatic hydroxyl groups excluding tert-OH is 1. The van der Waals surface area contributed by atoms with E-state index in [0.717, 1.165) is 28.9 Å². The Morgan fingerprint density at radius 3 is 2.22 bits per heavy atom. The van der Waals surface area contributed by atoms with Crippen molar-refractivity contribution in [1.82, 2.24) is 5.32 Å². The number of rotatable bonds is 8. The zero-order valence-electron chi connectivity index (χ0n) is 13.4. The van der Waals surface area contributed by atoms with Crippen molar-refractivity contribution < 1.29 is 14.6 Å². The van der Waals surface area contributed by atoms with Gasteiger partial charge in [-0.25, -0.2) is 0 Å².